The van der Waals surface area contributed by atoms with Gasteiger partial charge in [-0.3, -0.25) is 9.59 Å². The maximum atomic E-state index is 11.1. The molecule has 0 aliphatic rings. The molecule has 2 N–H and O–H groups in total. The first-order chi connectivity index (χ1) is 5.70. The fourth-order valence-electron chi connectivity index (χ4n) is 0.704. The lowest BCUT2D eigenvalue weighted by molar-refractivity contribution is -0.117. The lowest BCUT2D eigenvalue weighted by Crippen LogP contribution is -2.16. The zero-order valence-electron chi connectivity index (χ0n) is 6.23. The number of nitrogens with two attached hydrogens (primary N) is 1. The molecular formula is C7H7N3O2. The van der Waals surface area contributed by atoms with Crippen LogP contribution in [0.15, 0.2) is 18.6 Å². The third-order valence-electron chi connectivity index (χ3n) is 1.20. The number of aromatic nitrogens is 2. The molecule has 5 heteroatoms. The second-order valence-corrected chi connectivity index (χ2v) is 2.16. The molecule has 0 unspecified atom stereocenters. The van der Waals surface area contributed by atoms with Crippen molar-refractivity contribution in [1.82, 2.24) is 9.97 Å². The monoisotopic (exact) mass is 165 g/mol. The standard InChI is InChI=1S/C7H7N3O2/c8-7(12)3-6(11)5-1-2-9-4-10-5/h1-2,4H,3H2,(H2,8,12). The Morgan fingerprint density at radius 3 is 2.75 bits per heavy atom. The Kier molecular flexibility index (Phi) is 2.47. The van der Waals surface area contributed by atoms with Gasteiger partial charge in [-0.25, -0.2) is 9.97 Å². The molecule has 0 saturated carbocycles. The fourth-order valence-corrected chi connectivity index (χ4v) is 0.704. The van der Waals surface area contributed by atoms with Crippen molar-refractivity contribution in [2.75, 3.05) is 0 Å². The van der Waals surface area contributed by atoms with Gasteiger partial charge >= 0.3 is 0 Å². The Balaban J connectivity index is 2.73. The van der Waals surface area contributed by atoms with E-state index in [0.717, 1.165) is 0 Å². The summed E-state index contributed by atoms with van der Waals surface area (Å²) < 4.78 is 0. The third-order valence-corrected chi connectivity index (χ3v) is 1.20. The molecule has 12 heavy (non-hydrogen) atoms. The average molecular weight is 165 g/mol. The highest BCUT2D eigenvalue weighted by molar-refractivity contribution is 6.05. The van der Waals surface area contributed by atoms with Crippen molar-refractivity contribution in [2.24, 2.45) is 5.73 Å². The Labute approximate surface area is 68.6 Å². The first-order valence-electron chi connectivity index (χ1n) is 3.27. The van der Waals surface area contributed by atoms with Gasteiger partial charge in [-0.05, 0) is 6.07 Å². The number of Topliss-reactive ketones (excluding diaryl/α,β-unsaturated/α-hetero) is 1. The summed E-state index contributed by atoms with van der Waals surface area (Å²) in [7, 11) is 0. The summed E-state index contributed by atoms with van der Waals surface area (Å²) in [5.74, 6) is -1.04. The second-order valence-electron chi connectivity index (χ2n) is 2.16. The van der Waals surface area contributed by atoms with Gasteiger partial charge in [0.05, 0.1) is 6.42 Å². The Hall–Kier alpha value is -1.78. The van der Waals surface area contributed by atoms with Crippen molar-refractivity contribution in [3.8, 4) is 0 Å². The summed E-state index contributed by atoms with van der Waals surface area (Å²) in [6.45, 7) is 0. The molecule has 1 amide bonds. The number of ketones is 1. The fraction of sp³-hybridized carbons (Fsp3) is 0.143. The highest BCUT2D eigenvalue weighted by atomic mass is 16.2. The third kappa shape index (κ3) is 2.12. The van der Waals surface area contributed by atoms with Gasteiger partial charge in [0.25, 0.3) is 0 Å². The molecule has 0 aliphatic carbocycles. The molecule has 1 heterocycles. The van der Waals surface area contributed by atoms with E-state index in [1.807, 2.05) is 0 Å². The molecule has 0 atom stereocenters. The van der Waals surface area contributed by atoms with Gasteiger partial charge in [-0.2, -0.15) is 0 Å². The van der Waals surface area contributed by atoms with Crippen molar-refractivity contribution in [3.63, 3.8) is 0 Å². The Morgan fingerprint density at radius 1 is 1.50 bits per heavy atom. The van der Waals surface area contributed by atoms with Gasteiger partial charge in [0, 0.05) is 6.20 Å². The minimum atomic E-state index is -0.654. The van der Waals surface area contributed by atoms with Crippen LogP contribution in [0.5, 0.6) is 0 Å². The first-order valence-corrected chi connectivity index (χ1v) is 3.27. The van der Waals surface area contributed by atoms with Crippen LogP contribution in [0.1, 0.15) is 16.9 Å². The largest absolute Gasteiger partial charge is 0.369 e. The molecule has 62 valence electrons. The molecule has 0 bridgehead atoms. The normalized spacial score (nSPS) is 9.33. The second kappa shape index (κ2) is 3.56. The summed E-state index contributed by atoms with van der Waals surface area (Å²) >= 11 is 0. The van der Waals surface area contributed by atoms with Crippen LogP contribution in [0.25, 0.3) is 0 Å². The molecular weight excluding hydrogens is 158 g/mol. The van der Waals surface area contributed by atoms with Crippen LogP contribution < -0.4 is 5.73 Å². The van der Waals surface area contributed by atoms with E-state index >= 15 is 0 Å². The minimum Gasteiger partial charge on any atom is -0.369 e. The predicted octanol–water partition coefficient (Wildman–Crippen LogP) is -0.465. The summed E-state index contributed by atoms with van der Waals surface area (Å²) in [6, 6.07) is 1.44. The number of carbonyl (C=O) groups excluding carboxylic acids is 2. The van der Waals surface area contributed by atoms with E-state index in [0.29, 0.717) is 0 Å². The maximum absolute atomic E-state index is 11.1. The Bertz CT molecular complexity index is 297. The molecule has 0 aromatic carbocycles. The molecule has 0 fully saturated rings. The number of carbonyl (C=O) groups is 2. The number of rotatable bonds is 3. The van der Waals surface area contributed by atoms with E-state index in [2.05, 4.69) is 9.97 Å². The van der Waals surface area contributed by atoms with Crippen LogP contribution in [-0.4, -0.2) is 21.7 Å². The van der Waals surface area contributed by atoms with Crippen LogP contribution in [0.3, 0.4) is 0 Å². The Morgan fingerprint density at radius 2 is 2.25 bits per heavy atom. The number of primary amides is 1. The van der Waals surface area contributed by atoms with E-state index < -0.39 is 5.91 Å². The van der Waals surface area contributed by atoms with Gasteiger partial charge in [-0.15, -0.1) is 0 Å². The first kappa shape index (κ1) is 8.32. The molecule has 1 rings (SSSR count). The predicted molar refractivity (Wildman–Crippen MR) is 40.2 cm³/mol. The number of amides is 1. The molecule has 0 aliphatic heterocycles. The van der Waals surface area contributed by atoms with Crippen molar-refractivity contribution in [3.05, 3.63) is 24.3 Å². The van der Waals surface area contributed by atoms with Crippen LogP contribution in [0, 0.1) is 0 Å². The highest BCUT2D eigenvalue weighted by Crippen LogP contribution is 1.96. The lowest BCUT2D eigenvalue weighted by atomic mass is 10.2. The van der Waals surface area contributed by atoms with Crippen molar-refractivity contribution in [1.29, 1.82) is 0 Å². The molecule has 0 spiro atoms. The molecule has 0 radical (unpaired) electrons. The van der Waals surface area contributed by atoms with Gasteiger partial charge in [-0.1, -0.05) is 0 Å². The van der Waals surface area contributed by atoms with Gasteiger partial charge in [0.2, 0.25) is 5.91 Å². The van der Waals surface area contributed by atoms with Gasteiger partial charge in [0.1, 0.15) is 12.0 Å². The summed E-state index contributed by atoms with van der Waals surface area (Å²) in [5.41, 5.74) is 5.04. The van der Waals surface area contributed by atoms with E-state index in [1.54, 1.807) is 0 Å². The highest BCUT2D eigenvalue weighted by Gasteiger charge is 2.09. The van der Waals surface area contributed by atoms with Crippen molar-refractivity contribution in [2.45, 2.75) is 6.42 Å². The van der Waals surface area contributed by atoms with Crippen LogP contribution >= 0.6 is 0 Å². The SMILES string of the molecule is NC(=O)CC(=O)c1ccncn1. The zero-order valence-corrected chi connectivity index (χ0v) is 6.23. The smallest absolute Gasteiger partial charge is 0.225 e. The van der Waals surface area contributed by atoms with Crippen molar-refractivity contribution >= 4 is 11.7 Å². The van der Waals surface area contributed by atoms with Crippen LogP contribution in [-0.2, 0) is 4.79 Å². The summed E-state index contributed by atoms with van der Waals surface area (Å²) in [6.07, 6.45) is 2.37. The van der Waals surface area contributed by atoms with Gasteiger partial charge in [0.15, 0.2) is 5.78 Å². The zero-order chi connectivity index (χ0) is 8.97. The van der Waals surface area contributed by atoms with E-state index in [-0.39, 0.29) is 17.9 Å². The van der Waals surface area contributed by atoms with E-state index in [4.69, 9.17) is 5.73 Å². The minimum absolute atomic E-state index is 0.212. The quantitative estimate of drug-likeness (QED) is 0.484. The molecule has 1 aromatic heterocycles. The van der Waals surface area contributed by atoms with Crippen LogP contribution in [0.4, 0.5) is 0 Å². The van der Waals surface area contributed by atoms with Crippen molar-refractivity contribution < 1.29 is 9.59 Å². The van der Waals surface area contributed by atoms with Gasteiger partial charge < -0.3 is 5.73 Å². The number of hydrogen-bond acceptors (Lipinski definition) is 4. The van der Waals surface area contributed by atoms with E-state index in [9.17, 15) is 9.59 Å². The molecule has 5 nitrogen and oxygen atoms in total. The average Bonchev–Trinajstić information content (AvgIpc) is 2.05. The molecule has 1 aromatic rings. The van der Waals surface area contributed by atoms with Crippen LogP contribution in [0.2, 0.25) is 0 Å². The summed E-state index contributed by atoms with van der Waals surface area (Å²) in [4.78, 5) is 28.7. The molecule has 0 saturated heterocycles. The maximum Gasteiger partial charge on any atom is 0.225 e. The topological polar surface area (TPSA) is 85.9 Å². The van der Waals surface area contributed by atoms with E-state index in [1.165, 1.54) is 18.6 Å². The number of hydrogen-bond donors (Lipinski definition) is 1. The number of nitrogens with zero attached hydrogens (tertiary/aromatic N) is 2. The lowest BCUT2D eigenvalue weighted by Gasteiger charge is -1.94. The summed E-state index contributed by atoms with van der Waals surface area (Å²) in [5, 5.41) is 0.